The minimum absolute atomic E-state index is 0.217. The molecule has 1 aromatic rings. The first-order valence-electron chi connectivity index (χ1n) is 5.07. The maximum absolute atomic E-state index is 11.9. The zero-order valence-corrected chi connectivity index (χ0v) is 9.05. The number of rotatable bonds is 1. The molecule has 86 valence electrons. The van der Waals surface area contributed by atoms with Gasteiger partial charge in [0.25, 0.3) is 5.91 Å². The normalized spacial score (nSPS) is 24.8. The molecule has 1 saturated heterocycles. The molecular formula is C10H14N4O2. The van der Waals surface area contributed by atoms with Crippen LogP contribution in [0.1, 0.15) is 23.8 Å². The van der Waals surface area contributed by atoms with Crippen LogP contribution in [0.25, 0.3) is 0 Å². The Hall–Kier alpha value is -1.69. The third-order valence-corrected chi connectivity index (χ3v) is 2.63. The van der Waals surface area contributed by atoms with Gasteiger partial charge in [0.15, 0.2) is 0 Å². The first-order valence-corrected chi connectivity index (χ1v) is 5.07. The van der Waals surface area contributed by atoms with Crippen molar-refractivity contribution in [1.82, 2.24) is 14.9 Å². The second-order valence-electron chi connectivity index (χ2n) is 4.30. The molecule has 0 aliphatic carbocycles. The zero-order chi connectivity index (χ0) is 11.8. The Kier molecular flexibility index (Phi) is 2.51. The molecule has 1 fully saturated rings. The highest BCUT2D eigenvalue weighted by Crippen LogP contribution is 2.21. The molecule has 6 nitrogen and oxygen atoms in total. The van der Waals surface area contributed by atoms with Crippen molar-refractivity contribution in [3.8, 4) is 0 Å². The Labute approximate surface area is 93.1 Å². The number of aromatic nitrogens is 2. The van der Waals surface area contributed by atoms with Crippen molar-refractivity contribution in [3.05, 3.63) is 18.1 Å². The summed E-state index contributed by atoms with van der Waals surface area (Å²) in [6.45, 7) is 2.59. The Morgan fingerprint density at radius 1 is 1.56 bits per heavy atom. The molecule has 16 heavy (non-hydrogen) atoms. The van der Waals surface area contributed by atoms with Gasteiger partial charge in [-0.1, -0.05) is 0 Å². The summed E-state index contributed by atoms with van der Waals surface area (Å²) in [4.78, 5) is 21.2. The fraction of sp³-hybridized carbons (Fsp3) is 0.500. The second kappa shape index (κ2) is 3.71. The average molecular weight is 222 g/mol. The number of carbonyl (C=O) groups excluding carboxylic acids is 1. The van der Waals surface area contributed by atoms with Gasteiger partial charge in [-0.2, -0.15) is 0 Å². The number of nitrogens with zero attached hydrogens (tertiary/aromatic N) is 3. The lowest BCUT2D eigenvalue weighted by atomic mass is 10.1. The van der Waals surface area contributed by atoms with Gasteiger partial charge in [-0.25, -0.2) is 9.97 Å². The fourth-order valence-electron chi connectivity index (χ4n) is 1.73. The van der Waals surface area contributed by atoms with Crippen molar-refractivity contribution in [2.24, 2.45) is 0 Å². The van der Waals surface area contributed by atoms with Crippen LogP contribution in [0.5, 0.6) is 0 Å². The Morgan fingerprint density at radius 3 is 2.81 bits per heavy atom. The highest BCUT2D eigenvalue weighted by molar-refractivity contribution is 5.92. The number of hydrogen-bond acceptors (Lipinski definition) is 5. The Morgan fingerprint density at radius 2 is 2.31 bits per heavy atom. The lowest BCUT2D eigenvalue weighted by molar-refractivity contribution is 0.0569. The predicted molar refractivity (Wildman–Crippen MR) is 57.6 cm³/mol. The highest BCUT2D eigenvalue weighted by Gasteiger charge is 2.34. The first kappa shape index (κ1) is 10.8. The summed E-state index contributed by atoms with van der Waals surface area (Å²) in [5.74, 6) is 0.0650. The molecule has 1 amide bonds. The minimum Gasteiger partial charge on any atom is -0.388 e. The molecule has 1 unspecified atom stereocenters. The van der Waals surface area contributed by atoms with Crippen molar-refractivity contribution in [3.63, 3.8) is 0 Å². The molecule has 0 aromatic carbocycles. The van der Waals surface area contributed by atoms with Crippen LogP contribution in [-0.2, 0) is 0 Å². The molecule has 1 aliphatic heterocycles. The molecule has 2 rings (SSSR count). The zero-order valence-electron chi connectivity index (χ0n) is 9.05. The van der Waals surface area contributed by atoms with E-state index in [1.165, 1.54) is 12.4 Å². The number of anilines is 1. The van der Waals surface area contributed by atoms with Crippen LogP contribution < -0.4 is 5.73 Å². The number of hydrogen-bond donors (Lipinski definition) is 2. The topological polar surface area (TPSA) is 92.3 Å². The van der Waals surface area contributed by atoms with Crippen LogP contribution in [0.4, 0.5) is 5.82 Å². The maximum atomic E-state index is 11.9. The van der Waals surface area contributed by atoms with E-state index in [1.54, 1.807) is 11.8 Å². The minimum atomic E-state index is -0.795. The van der Waals surface area contributed by atoms with Gasteiger partial charge in [0.1, 0.15) is 11.5 Å². The van der Waals surface area contributed by atoms with E-state index in [0.29, 0.717) is 19.5 Å². The summed E-state index contributed by atoms with van der Waals surface area (Å²) in [5.41, 5.74) is 4.85. The lowest BCUT2D eigenvalue weighted by Gasteiger charge is -2.18. The molecule has 2 heterocycles. The molecule has 3 N–H and O–H groups in total. The summed E-state index contributed by atoms with van der Waals surface area (Å²) in [7, 11) is 0. The molecule has 0 radical (unpaired) electrons. The van der Waals surface area contributed by atoms with Gasteiger partial charge in [-0.05, 0) is 13.3 Å². The smallest absolute Gasteiger partial charge is 0.274 e. The number of aliphatic hydroxyl groups is 1. The molecular weight excluding hydrogens is 208 g/mol. The maximum Gasteiger partial charge on any atom is 0.274 e. The van der Waals surface area contributed by atoms with E-state index in [4.69, 9.17) is 5.73 Å². The number of amides is 1. The van der Waals surface area contributed by atoms with Crippen molar-refractivity contribution >= 4 is 11.7 Å². The third kappa shape index (κ3) is 2.11. The first-order chi connectivity index (χ1) is 7.48. The number of β-amino-alcohol motifs (C(OH)–C–C–N with tert-alkyl or cyclic N) is 1. The molecule has 1 atom stereocenters. The van der Waals surface area contributed by atoms with E-state index in [1.807, 2.05) is 0 Å². The van der Waals surface area contributed by atoms with Crippen molar-refractivity contribution < 1.29 is 9.90 Å². The molecule has 1 aliphatic rings. The third-order valence-electron chi connectivity index (χ3n) is 2.63. The summed E-state index contributed by atoms with van der Waals surface area (Å²) in [6, 6.07) is 0. The number of nitrogen functional groups attached to an aromatic ring is 1. The Bertz CT molecular complexity index is 402. The van der Waals surface area contributed by atoms with Gasteiger partial charge in [-0.15, -0.1) is 0 Å². The number of likely N-dealkylation sites (tertiary alicyclic amines) is 1. The van der Waals surface area contributed by atoms with E-state index < -0.39 is 5.60 Å². The largest absolute Gasteiger partial charge is 0.388 e. The van der Waals surface area contributed by atoms with Crippen LogP contribution in [0, 0.1) is 0 Å². The van der Waals surface area contributed by atoms with Crippen molar-refractivity contribution in [2.45, 2.75) is 18.9 Å². The van der Waals surface area contributed by atoms with Crippen LogP contribution >= 0.6 is 0 Å². The molecule has 0 saturated carbocycles. The van der Waals surface area contributed by atoms with E-state index in [-0.39, 0.29) is 17.4 Å². The van der Waals surface area contributed by atoms with Crippen molar-refractivity contribution in [1.29, 1.82) is 0 Å². The molecule has 1 aromatic heterocycles. The SMILES string of the molecule is CC1(O)CCN(C(=O)c2cnc(N)cn2)C1. The van der Waals surface area contributed by atoms with Gasteiger partial charge in [0.2, 0.25) is 0 Å². The second-order valence-corrected chi connectivity index (χ2v) is 4.30. The van der Waals surface area contributed by atoms with Gasteiger partial charge < -0.3 is 15.7 Å². The van der Waals surface area contributed by atoms with Crippen LogP contribution in [0.3, 0.4) is 0 Å². The summed E-state index contributed by atoms with van der Waals surface area (Å²) in [6.07, 6.45) is 3.29. The van der Waals surface area contributed by atoms with Gasteiger partial charge >= 0.3 is 0 Å². The van der Waals surface area contributed by atoms with E-state index in [2.05, 4.69) is 9.97 Å². The monoisotopic (exact) mass is 222 g/mol. The molecule has 0 spiro atoms. The van der Waals surface area contributed by atoms with Crippen LogP contribution in [0.2, 0.25) is 0 Å². The fourth-order valence-corrected chi connectivity index (χ4v) is 1.73. The van der Waals surface area contributed by atoms with E-state index in [0.717, 1.165) is 0 Å². The molecule has 0 bridgehead atoms. The molecule has 6 heteroatoms. The van der Waals surface area contributed by atoms with Crippen LogP contribution in [0.15, 0.2) is 12.4 Å². The van der Waals surface area contributed by atoms with Crippen LogP contribution in [-0.4, -0.2) is 44.6 Å². The number of carbonyl (C=O) groups is 1. The average Bonchev–Trinajstić information content (AvgIpc) is 2.59. The number of nitrogens with two attached hydrogens (primary N) is 1. The van der Waals surface area contributed by atoms with Crippen molar-refractivity contribution in [2.75, 3.05) is 18.8 Å². The quantitative estimate of drug-likeness (QED) is 0.678. The van der Waals surface area contributed by atoms with E-state index in [9.17, 15) is 9.90 Å². The summed E-state index contributed by atoms with van der Waals surface area (Å²) < 4.78 is 0. The standard InChI is InChI=1S/C10H14N4O2/c1-10(16)2-3-14(6-10)9(15)7-4-13-8(11)5-12-7/h4-5,16H,2-3,6H2,1H3,(H2,11,13). The summed E-state index contributed by atoms with van der Waals surface area (Å²) >= 11 is 0. The lowest BCUT2D eigenvalue weighted by Crippen LogP contribution is -2.34. The highest BCUT2D eigenvalue weighted by atomic mass is 16.3. The van der Waals surface area contributed by atoms with Gasteiger partial charge in [-0.3, -0.25) is 4.79 Å². The van der Waals surface area contributed by atoms with E-state index >= 15 is 0 Å². The summed E-state index contributed by atoms with van der Waals surface area (Å²) in [5, 5.41) is 9.75. The Balaban J connectivity index is 2.12. The van der Waals surface area contributed by atoms with Gasteiger partial charge in [0, 0.05) is 13.1 Å². The predicted octanol–water partition coefficient (Wildman–Crippen LogP) is -0.344. The van der Waals surface area contributed by atoms with Gasteiger partial charge in [0.05, 0.1) is 18.0 Å².